The highest BCUT2D eigenvalue weighted by atomic mass is 79.9. The molecule has 0 aliphatic heterocycles. The summed E-state index contributed by atoms with van der Waals surface area (Å²) in [6.45, 7) is 0. The van der Waals surface area contributed by atoms with Crippen molar-refractivity contribution in [2.45, 2.75) is 19.3 Å². The van der Waals surface area contributed by atoms with E-state index in [0.29, 0.717) is 17.6 Å². The molecule has 1 aliphatic carbocycles. The fraction of sp³-hybridized carbons (Fsp3) is 0.190. The number of allylic oxidation sites excluding steroid dienone is 1. The number of fused-ring (bicyclic) bond motifs is 1. The summed E-state index contributed by atoms with van der Waals surface area (Å²) in [5, 5.41) is 23.3. The van der Waals surface area contributed by atoms with Crippen molar-refractivity contribution >= 4 is 33.6 Å². The van der Waals surface area contributed by atoms with Crippen molar-refractivity contribution in [2.75, 3.05) is 7.11 Å². The van der Waals surface area contributed by atoms with E-state index in [0.717, 1.165) is 34.2 Å². The van der Waals surface area contributed by atoms with E-state index in [1.165, 1.54) is 12.3 Å². The summed E-state index contributed by atoms with van der Waals surface area (Å²) in [6.07, 6.45) is 3.70. The van der Waals surface area contributed by atoms with Crippen LogP contribution in [0.3, 0.4) is 0 Å². The van der Waals surface area contributed by atoms with E-state index in [-0.39, 0.29) is 11.3 Å². The van der Waals surface area contributed by atoms with Crippen LogP contribution < -0.4 is 10.2 Å². The average Bonchev–Trinajstić information content (AvgIpc) is 2.70. The molecule has 6 nitrogen and oxygen atoms in total. The number of aromatic hydroxyl groups is 1. The zero-order valence-corrected chi connectivity index (χ0v) is 16.8. The number of aryl methyl sites for hydroxylation is 1. The number of phenols is 1. The van der Waals surface area contributed by atoms with Gasteiger partial charge in [-0.15, -0.1) is 0 Å². The lowest BCUT2D eigenvalue weighted by Gasteiger charge is -2.20. The predicted molar refractivity (Wildman–Crippen MR) is 110 cm³/mol. The first-order valence-electron chi connectivity index (χ1n) is 8.66. The molecule has 3 rings (SSSR count). The molecule has 2 aromatic carbocycles. The van der Waals surface area contributed by atoms with E-state index in [4.69, 9.17) is 4.74 Å². The second-order valence-corrected chi connectivity index (χ2v) is 7.16. The lowest BCUT2D eigenvalue weighted by molar-refractivity contribution is -0.117. The fourth-order valence-electron chi connectivity index (χ4n) is 3.15. The summed E-state index contributed by atoms with van der Waals surface area (Å²) >= 11 is 3.31. The minimum absolute atomic E-state index is 0.0372. The highest BCUT2D eigenvalue weighted by Gasteiger charge is 2.22. The van der Waals surface area contributed by atoms with E-state index < -0.39 is 5.91 Å². The van der Waals surface area contributed by atoms with Crippen molar-refractivity contribution < 1.29 is 14.6 Å². The lowest BCUT2D eigenvalue weighted by atomic mass is 9.84. The number of hydrazone groups is 1. The van der Waals surface area contributed by atoms with Gasteiger partial charge in [-0.25, -0.2) is 5.43 Å². The van der Waals surface area contributed by atoms with Gasteiger partial charge in [0.2, 0.25) is 0 Å². The Bertz CT molecular complexity index is 1020. The topological polar surface area (TPSA) is 94.7 Å². The Hall–Kier alpha value is -3.11. The number of benzene rings is 2. The molecule has 0 saturated heterocycles. The van der Waals surface area contributed by atoms with Crippen LogP contribution in [-0.2, 0) is 11.2 Å². The zero-order chi connectivity index (χ0) is 20.1. The number of amides is 1. The number of nitrogens with one attached hydrogen (secondary N) is 1. The highest BCUT2D eigenvalue weighted by molar-refractivity contribution is 9.10. The van der Waals surface area contributed by atoms with E-state index in [9.17, 15) is 15.2 Å². The van der Waals surface area contributed by atoms with Gasteiger partial charge in [0, 0.05) is 10.0 Å². The summed E-state index contributed by atoms with van der Waals surface area (Å²) in [7, 11) is 1.61. The second kappa shape index (κ2) is 8.72. The molecule has 0 unspecified atom stereocenters. The maximum absolute atomic E-state index is 12.5. The number of rotatable bonds is 4. The molecule has 0 aromatic heterocycles. The molecule has 2 N–H and O–H groups in total. The Kier molecular flexibility index (Phi) is 6.12. The van der Waals surface area contributed by atoms with Gasteiger partial charge in [-0.3, -0.25) is 4.79 Å². The molecule has 0 fully saturated rings. The van der Waals surface area contributed by atoms with Crippen LogP contribution in [0.5, 0.6) is 11.5 Å². The van der Waals surface area contributed by atoms with Gasteiger partial charge in [0.25, 0.3) is 5.91 Å². The number of carbonyl (C=O) groups excluding carboxylic acids is 1. The number of nitrogens with zero attached hydrogens (tertiary/aromatic N) is 2. The first-order valence-corrected chi connectivity index (χ1v) is 9.45. The van der Waals surface area contributed by atoms with Crippen molar-refractivity contribution in [1.82, 2.24) is 5.43 Å². The second-order valence-electron chi connectivity index (χ2n) is 6.24. The van der Waals surface area contributed by atoms with Gasteiger partial charge in [0.15, 0.2) is 0 Å². The molecule has 0 saturated carbocycles. The van der Waals surface area contributed by atoms with Crippen LogP contribution >= 0.6 is 15.9 Å². The molecule has 0 atom stereocenters. The van der Waals surface area contributed by atoms with Gasteiger partial charge in [0.1, 0.15) is 23.1 Å². The Morgan fingerprint density at radius 1 is 1.32 bits per heavy atom. The van der Waals surface area contributed by atoms with Gasteiger partial charge in [-0.2, -0.15) is 10.4 Å². The molecular weight excluding hydrogens is 422 g/mol. The van der Waals surface area contributed by atoms with Crippen LogP contribution in [0, 0.1) is 11.3 Å². The van der Waals surface area contributed by atoms with E-state index in [1.54, 1.807) is 19.2 Å². The number of halogens is 1. The Morgan fingerprint density at radius 3 is 2.89 bits per heavy atom. The third kappa shape index (κ3) is 4.24. The Labute approximate surface area is 171 Å². The van der Waals surface area contributed by atoms with Crippen molar-refractivity contribution in [3.63, 3.8) is 0 Å². The fourth-order valence-corrected chi connectivity index (χ4v) is 3.53. The minimum atomic E-state index is -0.577. The summed E-state index contributed by atoms with van der Waals surface area (Å²) in [6, 6.07) is 12.5. The third-order valence-electron chi connectivity index (χ3n) is 4.51. The molecular formula is C21H18BrN3O3. The van der Waals surface area contributed by atoms with Crippen molar-refractivity contribution in [1.29, 1.82) is 5.26 Å². The predicted octanol–water partition coefficient (Wildman–Crippen LogP) is 3.93. The number of methoxy groups -OCH3 is 1. The van der Waals surface area contributed by atoms with Gasteiger partial charge < -0.3 is 9.84 Å². The van der Waals surface area contributed by atoms with Crippen molar-refractivity contribution in [2.24, 2.45) is 5.10 Å². The number of carbonyl (C=O) groups is 1. The van der Waals surface area contributed by atoms with Gasteiger partial charge in [-0.1, -0.05) is 22.0 Å². The van der Waals surface area contributed by atoms with Crippen LogP contribution in [0.2, 0.25) is 0 Å². The first kappa shape index (κ1) is 19.6. The van der Waals surface area contributed by atoms with Crippen LogP contribution in [0.4, 0.5) is 0 Å². The maximum atomic E-state index is 12.5. The first-order chi connectivity index (χ1) is 13.5. The molecule has 2 aromatic rings. The summed E-state index contributed by atoms with van der Waals surface area (Å²) in [5.41, 5.74) is 5.53. The number of nitriles is 1. The average molecular weight is 440 g/mol. The standard InChI is InChI=1S/C21H18BrN3O3/c1-28-16-6-7-17-13(10-16)3-2-4-18(17)19(11-23)21(27)25-24-12-14-9-15(22)5-8-20(14)26/h5-10,12,26H,2-4H2,1H3,(H,25,27)/b19-18?,24-12+. The van der Waals surface area contributed by atoms with Gasteiger partial charge in [0.05, 0.1) is 13.3 Å². The number of hydrogen-bond acceptors (Lipinski definition) is 5. The summed E-state index contributed by atoms with van der Waals surface area (Å²) in [5.74, 6) is 0.212. The van der Waals surface area contributed by atoms with E-state index in [2.05, 4.69) is 26.5 Å². The molecule has 0 heterocycles. The molecule has 142 valence electrons. The lowest BCUT2D eigenvalue weighted by Crippen LogP contribution is -2.21. The number of phenolic OH excluding ortho intramolecular Hbond substituents is 1. The molecule has 0 bridgehead atoms. The van der Waals surface area contributed by atoms with Crippen molar-refractivity contribution in [3.8, 4) is 17.6 Å². The van der Waals surface area contributed by atoms with Gasteiger partial charge >= 0.3 is 0 Å². The summed E-state index contributed by atoms with van der Waals surface area (Å²) < 4.78 is 6.03. The minimum Gasteiger partial charge on any atom is -0.507 e. The molecule has 1 amide bonds. The zero-order valence-electron chi connectivity index (χ0n) is 15.2. The SMILES string of the molecule is COc1ccc2c(c1)CCCC2=C(C#N)C(=O)N/N=C/c1cc(Br)ccc1O. The maximum Gasteiger partial charge on any atom is 0.282 e. The third-order valence-corrected chi connectivity index (χ3v) is 5.00. The van der Waals surface area contributed by atoms with E-state index in [1.807, 2.05) is 24.3 Å². The van der Waals surface area contributed by atoms with Crippen LogP contribution in [0.1, 0.15) is 29.5 Å². The van der Waals surface area contributed by atoms with E-state index >= 15 is 0 Å². The molecule has 0 radical (unpaired) electrons. The number of hydrogen-bond donors (Lipinski definition) is 2. The molecule has 28 heavy (non-hydrogen) atoms. The summed E-state index contributed by atoms with van der Waals surface area (Å²) in [4.78, 5) is 12.5. The van der Waals surface area contributed by atoms with Crippen LogP contribution in [-0.4, -0.2) is 24.3 Å². The van der Waals surface area contributed by atoms with Crippen LogP contribution in [0.25, 0.3) is 5.57 Å². The smallest absolute Gasteiger partial charge is 0.282 e. The monoisotopic (exact) mass is 439 g/mol. The van der Waals surface area contributed by atoms with Crippen molar-refractivity contribution in [3.05, 3.63) is 63.1 Å². The largest absolute Gasteiger partial charge is 0.507 e. The molecule has 1 aliphatic rings. The normalized spacial score (nSPS) is 14.9. The highest BCUT2D eigenvalue weighted by Crippen LogP contribution is 2.35. The number of ether oxygens (including phenoxy) is 1. The molecule has 7 heteroatoms. The quantitative estimate of drug-likeness (QED) is 0.326. The Balaban J connectivity index is 1.86. The molecule has 0 spiro atoms. The van der Waals surface area contributed by atoms with Crippen LogP contribution in [0.15, 0.2) is 51.5 Å². The van der Waals surface area contributed by atoms with Gasteiger partial charge in [-0.05, 0) is 66.3 Å². The Morgan fingerprint density at radius 2 is 2.14 bits per heavy atom.